The summed E-state index contributed by atoms with van der Waals surface area (Å²) in [6.45, 7) is 1.61. The fourth-order valence-electron chi connectivity index (χ4n) is 5.40. The van der Waals surface area contributed by atoms with Crippen LogP contribution in [0.2, 0.25) is 0 Å². The number of aliphatic hydroxyl groups excluding tert-OH is 1. The van der Waals surface area contributed by atoms with E-state index < -0.39 is 34.9 Å². The second-order valence-corrected chi connectivity index (χ2v) is 10.5. The first kappa shape index (κ1) is 29.4. The molecule has 0 saturated carbocycles. The Hall–Kier alpha value is -3.57. The van der Waals surface area contributed by atoms with E-state index in [0.29, 0.717) is 61.4 Å². The summed E-state index contributed by atoms with van der Waals surface area (Å²) in [6.07, 6.45) is 2.06. The van der Waals surface area contributed by atoms with Crippen molar-refractivity contribution in [2.75, 3.05) is 57.6 Å². The molecule has 8 nitrogen and oxygen atoms in total. The fraction of sp³-hybridized carbons (Fsp3) is 0.448. The zero-order valence-corrected chi connectivity index (χ0v) is 22.9. The van der Waals surface area contributed by atoms with Gasteiger partial charge in [0.2, 0.25) is 0 Å². The number of methoxy groups -OCH3 is 1. The number of hydrogen-bond donors (Lipinski definition) is 3. The first-order valence-corrected chi connectivity index (χ1v) is 13.2. The quantitative estimate of drug-likeness (QED) is 0.307. The van der Waals surface area contributed by atoms with Crippen LogP contribution in [-0.4, -0.2) is 73.5 Å². The van der Waals surface area contributed by atoms with Gasteiger partial charge in [-0.05, 0) is 57.0 Å². The predicted molar refractivity (Wildman–Crippen MR) is 147 cm³/mol. The van der Waals surface area contributed by atoms with Crippen molar-refractivity contribution in [3.63, 3.8) is 0 Å². The third-order valence-corrected chi connectivity index (χ3v) is 7.81. The number of rotatable bonds is 11. The van der Waals surface area contributed by atoms with Crippen molar-refractivity contribution in [1.82, 2.24) is 9.88 Å². The smallest absolute Gasteiger partial charge is 0.309 e. The van der Waals surface area contributed by atoms with E-state index in [1.165, 1.54) is 0 Å². The zero-order valence-electron chi connectivity index (χ0n) is 22.9. The molecular formula is C29H35F3N4O4. The Labute approximate surface area is 231 Å². The molecule has 0 amide bonds. The van der Waals surface area contributed by atoms with Gasteiger partial charge in [-0.2, -0.15) is 0 Å². The number of aliphatic carboxylic acids is 1. The van der Waals surface area contributed by atoms with Gasteiger partial charge in [0, 0.05) is 50.3 Å². The van der Waals surface area contributed by atoms with Crippen LogP contribution in [0.1, 0.15) is 37.4 Å². The van der Waals surface area contributed by atoms with Gasteiger partial charge < -0.3 is 30.1 Å². The highest BCUT2D eigenvalue weighted by molar-refractivity contribution is 5.88. The van der Waals surface area contributed by atoms with Crippen molar-refractivity contribution < 1.29 is 32.9 Å². The molecule has 1 aliphatic rings. The van der Waals surface area contributed by atoms with E-state index in [1.54, 1.807) is 19.4 Å². The number of hydrogen-bond acceptors (Lipinski definition) is 7. The van der Waals surface area contributed by atoms with Crippen LogP contribution in [-0.2, 0) is 4.79 Å². The molecule has 1 fully saturated rings. The summed E-state index contributed by atoms with van der Waals surface area (Å²) >= 11 is 0. The lowest BCUT2D eigenvalue weighted by Gasteiger charge is -2.39. The van der Waals surface area contributed by atoms with Crippen LogP contribution in [0, 0.1) is 22.9 Å². The number of likely N-dealkylation sites (tertiary alicyclic amines) is 1. The van der Waals surface area contributed by atoms with Crippen molar-refractivity contribution in [3.8, 4) is 5.75 Å². The molecule has 0 bridgehead atoms. The highest BCUT2D eigenvalue weighted by atomic mass is 19.1. The van der Waals surface area contributed by atoms with Gasteiger partial charge >= 0.3 is 5.97 Å². The van der Waals surface area contributed by atoms with Gasteiger partial charge in [0.1, 0.15) is 17.3 Å². The summed E-state index contributed by atoms with van der Waals surface area (Å²) in [5.41, 5.74) is 0.743. The van der Waals surface area contributed by atoms with Crippen LogP contribution < -0.4 is 15.0 Å². The summed E-state index contributed by atoms with van der Waals surface area (Å²) in [4.78, 5) is 20.8. The molecule has 2 heterocycles. The lowest BCUT2D eigenvalue weighted by atomic mass is 9.74. The van der Waals surface area contributed by atoms with Crippen LogP contribution >= 0.6 is 0 Å². The molecule has 0 aliphatic carbocycles. The molecule has 1 aliphatic heterocycles. The lowest BCUT2D eigenvalue weighted by Crippen LogP contribution is -2.45. The molecule has 3 aromatic rings. The number of aromatic nitrogens is 1. The Morgan fingerprint density at radius 2 is 1.85 bits per heavy atom. The van der Waals surface area contributed by atoms with Gasteiger partial charge in [0.25, 0.3) is 0 Å². The average Bonchev–Trinajstić information content (AvgIpc) is 2.92. The van der Waals surface area contributed by atoms with E-state index >= 15 is 0 Å². The minimum absolute atomic E-state index is 0.212. The standard InChI is InChI=1S/C29H35F3N4O4/c1-35(2)24-17-34-23-5-4-19(40-3)16-20(23)26(24)25(37)6-7-29(28(38)39)8-11-36(12-9-29)13-10-33-27-21(31)14-18(30)15-22(27)32/h4-5,14-17,25,33,37H,6-13H2,1-3H3,(H,38,39)/t25-/m1/s1. The Balaban J connectivity index is 1.41. The topological polar surface area (TPSA) is 98.2 Å². The molecule has 216 valence electrons. The molecule has 1 atom stereocenters. The number of aliphatic hydroxyl groups is 1. The molecule has 11 heteroatoms. The highest BCUT2D eigenvalue weighted by Crippen LogP contribution is 2.41. The molecular weight excluding hydrogens is 525 g/mol. The monoisotopic (exact) mass is 560 g/mol. The SMILES string of the molecule is COc1ccc2ncc(N(C)C)c([C@H](O)CCC3(C(=O)O)CCN(CCNc4c(F)cc(F)cc4F)CC3)c2c1. The number of ether oxygens (including phenoxy) is 1. The Bertz CT molecular complexity index is 1340. The van der Waals surface area contributed by atoms with E-state index in [0.717, 1.165) is 11.1 Å². The fourth-order valence-corrected chi connectivity index (χ4v) is 5.40. The van der Waals surface area contributed by atoms with Crippen molar-refractivity contribution in [2.24, 2.45) is 5.41 Å². The number of carboxylic acid groups (broad SMARTS) is 1. The van der Waals surface area contributed by atoms with Gasteiger partial charge in [0.05, 0.1) is 36.0 Å². The zero-order chi connectivity index (χ0) is 29.0. The molecule has 2 aromatic carbocycles. The van der Waals surface area contributed by atoms with Crippen LogP contribution in [0.5, 0.6) is 5.75 Å². The predicted octanol–water partition coefficient (Wildman–Crippen LogP) is 4.82. The number of piperidine rings is 1. The van der Waals surface area contributed by atoms with Gasteiger partial charge in [-0.1, -0.05) is 0 Å². The van der Waals surface area contributed by atoms with Gasteiger partial charge in [-0.3, -0.25) is 9.78 Å². The number of pyridine rings is 1. The molecule has 0 unspecified atom stereocenters. The molecule has 3 N–H and O–H groups in total. The van der Waals surface area contributed by atoms with E-state index in [4.69, 9.17) is 4.74 Å². The van der Waals surface area contributed by atoms with Crippen LogP contribution in [0.3, 0.4) is 0 Å². The number of anilines is 2. The Kier molecular flexibility index (Phi) is 9.05. The number of fused-ring (bicyclic) bond motifs is 1. The molecule has 0 spiro atoms. The Morgan fingerprint density at radius 3 is 2.45 bits per heavy atom. The van der Waals surface area contributed by atoms with E-state index in [9.17, 15) is 28.2 Å². The third kappa shape index (κ3) is 6.26. The van der Waals surface area contributed by atoms with Crippen molar-refractivity contribution in [2.45, 2.75) is 31.8 Å². The number of carboxylic acids is 1. The lowest BCUT2D eigenvalue weighted by molar-refractivity contribution is -0.153. The van der Waals surface area contributed by atoms with Gasteiger partial charge in [-0.15, -0.1) is 0 Å². The number of halogens is 3. The normalized spacial score (nSPS) is 16.1. The number of carbonyl (C=O) groups is 1. The molecule has 4 rings (SSSR count). The van der Waals surface area contributed by atoms with Crippen LogP contribution in [0.25, 0.3) is 10.9 Å². The largest absolute Gasteiger partial charge is 0.497 e. The summed E-state index contributed by atoms with van der Waals surface area (Å²) < 4.78 is 46.3. The molecule has 1 aromatic heterocycles. The third-order valence-electron chi connectivity index (χ3n) is 7.81. The minimum Gasteiger partial charge on any atom is -0.497 e. The van der Waals surface area contributed by atoms with E-state index in [1.807, 2.05) is 36.0 Å². The number of nitrogens with zero attached hydrogens (tertiary/aromatic N) is 3. The second kappa shape index (κ2) is 12.3. The maximum Gasteiger partial charge on any atom is 0.309 e. The summed E-state index contributed by atoms with van der Waals surface area (Å²) in [6, 6.07) is 6.70. The van der Waals surface area contributed by atoms with Crippen molar-refractivity contribution in [3.05, 3.63) is 59.5 Å². The maximum absolute atomic E-state index is 13.9. The second-order valence-electron chi connectivity index (χ2n) is 10.5. The first-order chi connectivity index (χ1) is 19.0. The average molecular weight is 561 g/mol. The highest BCUT2D eigenvalue weighted by Gasteiger charge is 2.41. The van der Waals surface area contributed by atoms with E-state index in [-0.39, 0.29) is 25.1 Å². The van der Waals surface area contributed by atoms with Gasteiger partial charge in [0.15, 0.2) is 11.6 Å². The van der Waals surface area contributed by atoms with Crippen molar-refractivity contribution in [1.29, 1.82) is 0 Å². The van der Waals surface area contributed by atoms with E-state index in [2.05, 4.69) is 10.3 Å². The maximum atomic E-state index is 13.9. The first-order valence-electron chi connectivity index (χ1n) is 13.2. The van der Waals surface area contributed by atoms with Gasteiger partial charge in [-0.25, -0.2) is 13.2 Å². The Morgan fingerprint density at radius 1 is 1.18 bits per heavy atom. The molecule has 0 radical (unpaired) electrons. The molecule has 40 heavy (non-hydrogen) atoms. The number of benzene rings is 2. The summed E-state index contributed by atoms with van der Waals surface area (Å²) in [5, 5.41) is 25.0. The van der Waals surface area contributed by atoms with Crippen molar-refractivity contribution >= 4 is 28.2 Å². The summed E-state index contributed by atoms with van der Waals surface area (Å²) in [7, 11) is 5.29. The molecule has 1 saturated heterocycles. The number of nitrogens with one attached hydrogen (secondary N) is 1. The summed E-state index contributed by atoms with van der Waals surface area (Å²) in [5.74, 6) is -3.26. The minimum atomic E-state index is -1.00. The van der Waals surface area contributed by atoms with Crippen LogP contribution in [0.15, 0.2) is 36.5 Å². The van der Waals surface area contributed by atoms with Crippen LogP contribution in [0.4, 0.5) is 24.5 Å².